The van der Waals surface area contributed by atoms with E-state index in [9.17, 15) is 29.8 Å². The Balaban J connectivity index is 0.843. The van der Waals surface area contributed by atoms with E-state index in [1.165, 1.54) is 45.8 Å². The van der Waals surface area contributed by atoms with Gasteiger partial charge in [-0.05, 0) is 189 Å². The number of hydrogen-bond donors (Lipinski definition) is 1. The van der Waals surface area contributed by atoms with Gasteiger partial charge in [0.2, 0.25) is 19.7 Å². The molecule has 0 radical (unpaired) electrons. The van der Waals surface area contributed by atoms with Gasteiger partial charge in [-0.1, -0.05) is 76.5 Å². The third-order valence-electron chi connectivity index (χ3n) is 9.80. The van der Waals surface area contributed by atoms with Crippen LogP contribution in [0.4, 0.5) is 0 Å². The summed E-state index contributed by atoms with van der Waals surface area (Å²) in [6.45, 7) is 1.83. The lowest BCUT2D eigenvalue weighted by molar-refractivity contribution is 0.480. The standard InChI is InChI=1S/C50H38O7S9/c1-34-3-25-45(26-4-34)65(53,54)48-31-32-49(50(33-48)66(55,56)57)63-44-19-17-41(18-20-44)60-38-11-15-40(16-12-38)62-43-23-29-47(30-24-43)64(51,52)46-27-21-42(22-28-46)61-39-13-9-37(10-14-39)59-36-7-5-35(58-2)6-8-36/h3-33H,1-2H3,(H,55,56,57). The fourth-order valence-corrected chi connectivity index (χ4v) is 14.5. The van der Waals surface area contributed by atoms with E-state index in [1.54, 1.807) is 83.4 Å². The first-order chi connectivity index (χ1) is 31.6. The summed E-state index contributed by atoms with van der Waals surface area (Å²) in [6.07, 6.45) is 2.07. The van der Waals surface area contributed by atoms with E-state index in [1.807, 2.05) is 79.7 Å². The highest BCUT2D eigenvalue weighted by molar-refractivity contribution is 8.01. The molecule has 0 amide bonds. The second kappa shape index (κ2) is 20.9. The number of thioether (sulfide) groups is 1. The maximum Gasteiger partial charge on any atom is 0.295 e. The van der Waals surface area contributed by atoms with Crippen molar-refractivity contribution in [1.29, 1.82) is 0 Å². The maximum absolute atomic E-state index is 13.6. The second-order valence-corrected chi connectivity index (χ2v) is 26.3. The Labute approximate surface area is 411 Å². The van der Waals surface area contributed by atoms with Gasteiger partial charge in [0, 0.05) is 53.9 Å². The smallest absolute Gasteiger partial charge is 0.282 e. The molecule has 7 nitrogen and oxygen atoms in total. The summed E-state index contributed by atoms with van der Waals surface area (Å²) in [4.78, 5) is 10.0. The minimum atomic E-state index is -4.75. The van der Waals surface area contributed by atoms with Gasteiger partial charge in [-0.3, -0.25) is 4.55 Å². The third-order valence-corrected chi connectivity index (χ3v) is 20.3. The highest BCUT2D eigenvalue weighted by Gasteiger charge is 2.24. The van der Waals surface area contributed by atoms with Crippen LogP contribution < -0.4 is 0 Å². The van der Waals surface area contributed by atoms with Crippen LogP contribution in [0.15, 0.2) is 266 Å². The van der Waals surface area contributed by atoms with Gasteiger partial charge in [0.15, 0.2) is 0 Å². The van der Waals surface area contributed by atoms with Gasteiger partial charge in [-0.25, -0.2) is 16.8 Å². The first kappa shape index (κ1) is 48.1. The van der Waals surface area contributed by atoms with Gasteiger partial charge in [0.1, 0.15) is 4.90 Å². The minimum absolute atomic E-state index is 0.0205. The Bertz CT molecular complexity index is 3310. The summed E-state index contributed by atoms with van der Waals surface area (Å²) in [7, 11) is -12.5. The van der Waals surface area contributed by atoms with Crippen molar-refractivity contribution in [1.82, 2.24) is 0 Å². The van der Waals surface area contributed by atoms with E-state index in [4.69, 9.17) is 0 Å². The quantitative estimate of drug-likeness (QED) is 0.0730. The van der Waals surface area contributed by atoms with Crippen molar-refractivity contribution in [3.63, 3.8) is 0 Å². The van der Waals surface area contributed by atoms with Gasteiger partial charge in [-0.2, -0.15) is 8.42 Å². The van der Waals surface area contributed by atoms with Crippen molar-refractivity contribution >= 4 is 100 Å². The Hall–Kier alpha value is -4.33. The minimum Gasteiger partial charge on any atom is -0.282 e. The number of rotatable bonds is 16. The van der Waals surface area contributed by atoms with Crippen LogP contribution in [0.2, 0.25) is 0 Å². The van der Waals surface area contributed by atoms with Gasteiger partial charge in [0.05, 0.1) is 19.6 Å². The third kappa shape index (κ3) is 12.0. The molecule has 0 saturated heterocycles. The summed E-state index contributed by atoms with van der Waals surface area (Å²) in [5, 5.41) is 0. The first-order valence-electron chi connectivity index (χ1n) is 19.8. The van der Waals surface area contributed by atoms with Crippen molar-refractivity contribution in [3.8, 4) is 0 Å². The number of sulfone groups is 2. The molecule has 0 heterocycles. The van der Waals surface area contributed by atoms with E-state index in [2.05, 4.69) is 54.8 Å². The van der Waals surface area contributed by atoms with Crippen LogP contribution in [0.25, 0.3) is 0 Å². The molecule has 0 saturated carbocycles. The Kier molecular flexibility index (Phi) is 15.2. The zero-order chi connectivity index (χ0) is 46.5. The molecule has 0 fully saturated rings. The molecular formula is C50H38O7S9. The molecule has 1 N–H and O–H groups in total. The molecule has 16 heteroatoms. The number of aryl methyl sites for hydroxylation is 1. The van der Waals surface area contributed by atoms with E-state index in [-0.39, 0.29) is 24.5 Å². The fraction of sp³-hybridized carbons (Fsp3) is 0.0400. The van der Waals surface area contributed by atoms with Crippen LogP contribution in [0, 0.1) is 6.92 Å². The van der Waals surface area contributed by atoms with Gasteiger partial charge in [-0.15, -0.1) is 11.8 Å². The lowest BCUT2D eigenvalue weighted by Gasteiger charge is -2.11. The maximum atomic E-state index is 13.6. The molecule has 0 bridgehead atoms. The second-order valence-electron chi connectivity index (χ2n) is 14.4. The predicted molar refractivity (Wildman–Crippen MR) is 269 cm³/mol. The molecule has 0 aromatic heterocycles. The summed E-state index contributed by atoms with van der Waals surface area (Å²) in [6, 6.07) is 56.2. The molecule has 0 unspecified atom stereocenters. The van der Waals surface area contributed by atoms with Crippen LogP contribution in [-0.2, 0) is 29.8 Å². The Morgan fingerprint density at radius 2 is 0.591 bits per heavy atom. The molecular weight excluding hydrogens is 1000 g/mol. The molecule has 8 rings (SSSR count). The van der Waals surface area contributed by atoms with Crippen molar-refractivity contribution in [2.75, 3.05) is 6.26 Å². The van der Waals surface area contributed by atoms with Gasteiger partial charge >= 0.3 is 0 Å². The molecule has 8 aromatic carbocycles. The van der Waals surface area contributed by atoms with Crippen LogP contribution >= 0.6 is 70.6 Å². The molecule has 0 aliphatic rings. The topological polar surface area (TPSA) is 123 Å². The summed E-state index contributed by atoms with van der Waals surface area (Å²) < 4.78 is 88.4. The molecule has 66 heavy (non-hydrogen) atoms. The van der Waals surface area contributed by atoms with Crippen molar-refractivity contribution in [3.05, 3.63) is 194 Å². The van der Waals surface area contributed by atoms with Crippen LogP contribution in [0.5, 0.6) is 0 Å². The van der Waals surface area contributed by atoms with Crippen molar-refractivity contribution in [2.45, 2.75) is 85.3 Å². The summed E-state index contributed by atoms with van der Waals surface area (Å²) in [5.74, 6) is 0. The van der Waals surface area contributed by atoms with Gasteiger partial charge < -0.3 is 0 Å². The number of hydrogen-bond acceptors (Lipinski definition) is 12. The largest absolute Gasteiger partial charge is 0.295 e. The average molecular weight is 1040 g/mol. The van der Waals surface area contributed by atoms with Crippen molar-refractivity contribution < 1.29 is 29.8 Å². The van der Waals surface area contributed by atoms with Crippen LogP contribution in [-0.4, -0.2) is 36.1 Å². The molecule has 8 aromatic rings. The Morgan fingerprint density at radius 1 is 0.333 bits per heavy atom. The Morgan fingerprint density at radius 3 is 0.909 bits per heavy atom. The van der Waals surface area contributed by atoms with Crippen LogP contribution in [0.1, 0.15) is 5.56 Å². The molecule has 0 atom stereocenters. The van der Waals surface area contributed by atoms with E-state index >= 15 is 0 Å². The molecule has 0 aliphatic carbocycles. The van der Waals surface area contributed by atoms with E-state index < -0.39 is 34.7 Å². The summed E-state index contributed by atoms with van der Waals surface area (Å²) >= 11 is 9.18. The first-order valence-corrected chi connectivity index (χ1v) is 29.6. The average Bonchev–Trinajstić information content (AvgIpc) is 3.31. The van der Waals surface area contributed by atoms with Crippen molar-refractivity contribution in [2.24, 2.45) is 0 Å². The number of benzene rings is 8. The zero-order valence-corrected chi connectivity index (χ0v) is 42.3. The van der Waals surface area contributed by atoms with Gasteiger partial charge in [0.25, 0.3) is 10.1 Å². The predicted octanol–water partition coefficient (Wildman–Crippen LogP) is 14.4. The van der Waals surface area contributed by atoms with E-state index in [0.717, 1.165) is 57.7 Å². The zero-order valence-electron chi connectivity index (χ0n) is 35.0. The summed E-state index contributed by atoms with van der Waals surface area (Å²) in [5.41, 5.74) is 0.879. The van der Waals surface area contributed by atoms with Crippen LogP contribution in [0.3, 0.4) is 0 Å². The fourth-order valence-electron chi connectivity index (χ4n) is 6.35. The highest BCUT2D eigenvalue weighted by atomic mass is 32.2. The normalized spacial score (nSPS) is 12.0. The van der Waals surface area contributed by atoms with E-state index in [0.29, 0.717) is 4.90 Å². The molecule has 0 spiro atoms. The lowest BCUT2D eigenvalue weighted by Crippen LogP contribution is -2.06. The SMILES string of the molecule is CSc1ccc(Sc2ccc(Sc3ccc(S(=O)(=O)c4ccc(Sc5ccc(Sc6ccc(Sc7ccc(S(=O)(=O)c8ccc(C)cc8)cc7S(=O)(=O)O)cc6)cc5)cc4)cc3)cc2)cc1. The molecule has 334 valence electrons. The monoisotopic (exact) mass is 1040 g/mol. The molecule has 0 aliphatic heterocycles. The highest BCUT2D eigenvalue weighted by Crippen LogP contribution is 2.39. The lowest BCUT2D eigenvalue weighted by atomic mass is 10.2.